The summed E-state index contributed by atoms with van der Waals surface area (Å²) in [5, 5.41) is 18.4. The van der Waals surface area contributed by atoms with E-state index in [4.69, 9.17) is 5.11 Å². The maximum Gasteiger partial charge on any atom is 0.253 e. The highest BCUT2D eigenvalue weighted by Gasteiger charge is 2.24. The van der Waals surface area contributed by atoms with Gasteiger partial charge in [0.1, 0.15) is 5.75 Å². The molecular weight excluding hydrogens is 230 g/mol. The quantitative estimate of drug-likeness (QED) is 0.856. The lowest BCUT2D eigenvalue weighted by Gasteiger charge is -2.32. The van der Waals surface area contributed by atoms with E-state index in [2.05, 4.69) is 0 Å². The minimum Gasteiger partial charge on any atom is -0.508 e. The molecular formula is C14H19NO3. The van der Waals surface area contributed by atoms with Gasteiger partial charge in [0.25, 0.3) is 5.91 Å². The Hall–Kier alpha value is -1.55. The molecule has 1 aromatic carbocycles. The van der Waals surface area contributed by atoms with Crippen LogP contribution in [0.3, 0.4) is 0 Å². The standard InChI is InChI=1S/C14H19NO3/c16-8-6-11-3-2-7-15(10-11)14(18)12-4-1-5-13(17)9-12/h1,4-5,9,11,16-17H,2-3,6-8,10H2. The number of hydrogen-bond acceptors (Lipinski definition) is 3. The number of phenolic OH excluding ortho intramolecular Hbond substituents is 1. The van der Waals surface area contributed by atoms with Gasteiger partial charge >= 0.3 is 0 Å². The fourth-order valence-electron chi connectivity index (χ4n) is 2.49. The first-order valence-electron chi connectivity index (χ1n) is 6.40. The molecule has 98 valence electrons. The van der Waals surface area contributed by atoms with Crippen LogP contribution in [0.15, 0.2) is 24.3 Å². The molecule has 1 aromatic rings. The summed E-state index contributed by atoms with van der Waals surface area (Å²) in [4.78, 5) is 14.1. The molecule has 1 fully saturated rings. The highest BCUT2D eigenvalue weighted by atomic mass is 16.3. The van der Waals surface area contributed by atoms with E-state index in [0.717, 1.165) is 25.8 Å². The molecule has 1 unspecified atom stereocenters. The Kier molecular flexibility index (Phi) is 4.20. The van der Waals surface area contributed by atoms with Gasteiger partial charge in [-0.25, -0.2) is 0 Å². The number of aliphatic hydroxyl groups excluding tert-OH is 1. The molecule has 1 aliphatic rings. The highest BCUT2D eigenvalue weighted by molar-refractivity contribution is 5.94. The summed E-state index contributed by atoms with van der Waals surface area (Å²) in [6.45, 7) is 1.64. The van der Waals surface area contributed by atoms with Gasteiger partial charge < -0.3 is 15.1 Å². The summed E-state index contributed by atoms with van der Waals surface area (Å²) in [6.07, 6.45) is 2.81. The van der Waals surface area contributed by atoms with Crippen LogP contribution in [0.2, 0.25) is 0 Å². The molecule has 0 saturated carbocycles. The van der Waals surface area contributed by atoms with Gasteiger partial charge in [-0.1, -0.05) is 6.07 Å². The average molecular weight is 249 g/mol. The molecule has 1 atom stereocenters. The second kappa shape index (κ2) is 5.87. The molecule has 1 amide bonds. The van der Waals surface area contributed by atoms with Crippen molar-refractivity contribution in [3.63, 3.8) is 0 Å². The number of aromatic hydroxyl groups is 1. The van der Waals surface area contributed by atoms with Gasteiger partial charge in [-0.15, -0.1) is 0 Å². The Morgan fingerprint density at radius 2 is 2.28 bits per heavy atom. The lowest BCUT2D eigenvalue weighted by molar-refractivity contribution is 0.0653. The normalized spacial score (nSPS) is 19.8. The zero-order valence-electron chi connectivity index (χ0n) is 10.4. The van der Waals surface area contributed by atoms with Crippen LogP contribution >= 0.6 is 0 Å². The lowest BCUT2D eigenvalue weighted by atomic mass is 9.94. The first kappa shape index (κ1) is 12.9. The van der Waals surface area contributed by atoms with Crippen LogP contribution in [0.25, 0.3) is 0 Å². The summed E-state index contributed by atoms with van der Waals surface area (Å²) < 4.78 is 0. The van der Waals surface area contributed by atoms with Crippen LogP contribution < -0.4 is 0 Å². The monoisotopic (exact) mass is 249 g/mol. The average Bonchev–Trinajstić information content (AvgIpc) is 2.39. The zero-order chi connectivity index (χ0) is 13.0. The molecule has 0 bridgehead atoms. The Balaban J connectivity index is 2.04. The molecule has 2 N–H and O–H groups in total. The molecule has 1 saturated heterocycles. The molecule has 2 rings (SSSR count). The molecule has 4 heteroatoms. The predicted molar refractivity (Wildman–Crippen MR) is 68.4 cm³/mol. The van der Waals surface area contributed by atoms with E-state index in [0.29, 0.717) is 18.0 Å². The fourth-order valence-corrected chi connectivity index (χ4v) is 2.49. The van der Waals surface area contributed by atoms with Gasteiger partial charge in [0.2, 0.25) is 0 Å². The topological polar surface area (TPSA) is 60.8 Å². The number of nitrogens with zero attached hydrogens (tertiary/aromatic N) is 1. The third-order valence-corrected chi connectivity index (χ3v) is 3.44. The summed E-state index contributed by atoms with van der Waals surface area (Å²) in [5.41, 5.74) is 0.527. The van der Waals surface area contributed by atoms with Crippen molar-refractivity contribution in [1.82, 2.24) is 4.90 Å². The van der Waals surface area contributed by atoms with Gasteiger partial charge in [-0.3, -0.25) is 4.79 Å². The van der Waals surface area contributed by atoms with Crippen molar-refractivity contribution in [3.05, 3.63) is 29.8 Å². The van der Waals surface area contributed by atoms with Gasteiger partial charge in [0, 0.05) is 25.3 Å². The van der Waals surface area contributed by atoms with Crippen molar-refractivity contribution in [2.75, 3.05) is 19.7 Å². The maximum atomic E-state index is 12.3. The van der Waals surface area contributed by atoms with Crippen LogP contribution in [0.4, 0.5) is 0 Å². The third kappa shape index (κ3) is 3.01. The van der Waals surface area contributed by atoms with Crippen molar-refractivity contribution in [1.29, 1.82) is 0 Å². The summed E-state index contributed by atoms with van der Waals surface area (Å²) in [7, 11) is 0. The minimum absolute atomic E-state index is 0.0338. The van der Waals surface area contributed by atoms with E-state index >= 15 is 0 Å². The van der Waals surface area contributed by atoms with Crippen LogP contribution in [-0.2, 0) is 0 Å². The Morgan fingerprint density at radius 3 is 3.00 bits per heavy atom. The van der Waals surface area contributed by atoms with E-state index < -0.39 is 0 Å². The molecule has 0 aromatic heterocycles. The number of piperidine rings is 1. The largest absolute Gasteiger partial charge is 0.508 e. The zero-order valence-corrected chi connectivity index (χ0v) is 10.4. The summed E-state index contributed by atoms with van der Waals surface area (Å²) in [5.74, 6) is 0.475. The molecule has 4 nitrogen and oxygen atoms in total. The van der Waals surface area contributed by atoms with Gasteiger partial charge in [0.15, 0.2) is 0 Å². The van der Waals surface area contributed by atoms with Crippen LogP contribution in [0.5, 0.6) is 5.75 Å². The number of amides is 1. The van der Waals surface area contributed by atoms with E-state index in [1.807, 2.05) is 4.90 Å². The van der Waals surface area contributed by atoms with Crippen molar-refractivity contribution in [2.45, 2.75) is 19.3 Å². The van der Waals surface area contributed by atoms with E-state index in [1.54, 1.807) is 18.2 Å². The number of benzene rings is 1. The van der Waals surface area contributed by atoms with E-state index in [-0.39, 0.29) is 18.3 Å². The van der Waals surface area contributed by atoms with E-state index in [9.17, 15) is 9.90 Å². The fraction of sp³-hybridized carbons (Fsp3) is 0.500. The Labute approximate surface area is 107 Å². The van der Waals surface area contributed by atoms with Crippen molar-refractivity contribution >= 4 is 5.91 Å². The minimum atomic E-state index is -0.0338. The number of hydrogen-bond donors (Lipinski definition) is 2. The SMILES string of the molecule is O=C(c1cccc(O)c1)N1CCCC(CCO)C1. The summed E-state index contributed by atoms with van der Waals surface area (Å²) >= 11 is 0. The Morgan fingerprint density at radius 1 is 1.44 bits per heavy atom. The molecule has 0 aliphatic carbocycles. The van der Waals surface area contributed by atoms with Crippen LogP contribution in [0, 0.1) is 5.92 Å². The molecule has 1 heterocycles. The predicted octanol–water partition coefficient (Wildman–Crippen LogP) is 1.63. The second-order valence-electron chi connectivity index (χ2n) is 4.82. The lowest BCUT2D eigenvalue weighted by Crippen LogP contribution is -2.40. The number of aliphatic hydroxyl groups is 1. The Bertz CT molecular complexity index is 417. The van der Waals surface area contributed by atoms with Gasteiger partial charge in [0.05, 0.1) is 0 Å². The van der Waals surface area contributed by atoms with Crippen molar-refractivity contribution in [2.24, 2.45) is 5.92 Å². The van der Waals surface area contributed by atoms with Gasteiger partial charge in [-0.05, 0) is 43.4 Å². The smallest absolute Gasteiger partial charge is 0.253 e. The van der Waals surface area contributed by atoms with Crippen LogP contribution in [-0.4, -0.2) is 40.7 Å². The number of carbonyl (C=O) groups is 1. The first-order chi connectivity index (χ1) is 8.70. The second-order valence-corrected chi connectivity index (χ2v) is 4.82. The van der Waals surface area contributed by atoms with E-state index in [1.165, 1.54) is 6.07 Å². The molecule has 0 radical (unpaired) electrons. The number of phenols is 1. The number of likely N-dealkylation sites (tertiary alicyclic amines) is 1. The molecule has 1 aliphatic heterocycles. The highest BCUT2D eigenvalue weighted by Crippen LogP contribution is 2.21. The number of carbonyl (C=O) groups excluding carboxylic acids is 1. The maximum absolute atomic E-state index is 12.3. The van der Waals surface area contributed by atoms with Crippen LogP contribution in [0.1, 0.15) is 29.6 Å². The van der Waals surface area contributed by atoms with Gasteiger partial charge in [-0.2, -0.15) is 0 Å². The van der Waals surface area contributed by atoms with Crippen molar-refractivity contribution < 1.29 is 15.0 Å². The summed E-state index contributed by atoms with van der Waals surface area (Å²) in [6, 6.07) is 6.45. The number of rotatable bonds is 3. The molecule has 18 heavy (non-hydrogen) atoms. The third-order valence-electron chi connectivity index (χ3n) is 3.44. The van der Waals surface area contributed by atoms with Crippen molar-refractivity contribution in [3.8, 4) is 5.75 Å². The molecule has 0 spiro atoms. The first-order valence-corrected chi connectivity index (χ1v) is 6.40.